The summed E-state index contributed by atoms with van der Waals surface area (Å²) in [4.78, 5) is 11.9. The molecular weight excluding hydrogens is 340 g/mol. The molecule has 1 amide bonds. The van der Waals surface area contributed by atoms with Crippen LogP contribution in [0.5, 0.6) is 0 Å². The second-order valence-electron chi connectivity index (χ2n) is 3.71. The summed E-state index contributed by atoms with van der Waals surface area (Å²) in [6.45, 7) is 0. The Morgan fingerprint density at radius 1 is 1.16 bits per heavy atom. The third-order valence-electron chi connectivity index (χ3n) is 2.32. The minimum atomic E-state index is -0.810. The van der Waals surface area contributed by atoms with Gasteiger partial charge in [0.15, 0.2) is 0 Å². The highest BCUT2D eigenvalue weighted by atomic mass is 79.9. The fraction of sp³-hybridized carbons (Fsp3) is 0. The standard InChI is InChI=1S/C13H7BrClF2NO/c14-12-10(15)2-1-3-11(12)18-13(19)7-4-8(16)6-9(17)5-7/h1-6H,(H,18,19). The Labute approximate surface area is 121 Å². The number of amides is 1. The van der Waals surface area contributed by atoms with Crippen molar-refractivity contribution in [1.82, 2.24) is 0 Å². The molecule has 2 aromatic rings. The van der Waals surface area contributed by atoms with E-state index in [1.165, 1.54) is 0 Å². The molecule has 0 atom stereocenters. The maximum atomic E-state index is 13.0. The minimum Gasteiger partial charge on any atom is -0.321 e. The predicted octanol–water partition coefficient (Wildman–Crippen LogP) is 4.63. The number of carbonyl (C=O) groups is 1. The van der Waals surface area contributed by atoms with Crippen LogP contribution in [0.2, 0.25) is 5.02 Å². The smallest absolute Gasteiger partial charge is 0.255 e. The first-order valence-electron chi connectivity index (χ1n) is 5.19. The molecule has 0 saturated carbocycles. The van der Waals surface area contributed by atoms with Crippen LogP contribution in [0, 0.1) is 11.6 Å². The molecule has 19 heavy (non-hydrogen) atoms. The number of carbonyl (C=O) groups excluding carboxylic acids is 1. The summed E-state index contributed by atoms with van der Waals surface area (Å²) >= 11 is 9.09. The average Bonchev–Trinajstić information content (AvgIpc) is 2.33. The van der Waals surface area contributed by atoms with Crippen molar-refractivity contribution in [1.29, 1.82) is 0 Å². The molecule has 6 heteroatoms. The number of rotatable bonds is 2. The SMILES string of the molecule is O=C(Nc1cccc(Cl)c1Br)c1cc(F)cc(F)c1. The van der Waals surface area contributed by atoms with Crippen LogP contribution in [0.3, 0.4) is 0 Å². The number of halogens is 4. The molecule has 0 heterocycles. The molecule has 0 radical (unpaired) electrons. The molecular formula is C13H7BrClF2NO. The maximum Gasteiger partial charge on any atom is 0.255 e. The Hall–Kier alpha value is -1.46. The normalized spacial score (nSPS) is 10.3. The van der Waals surface area contributed by atoms with Crippen LogP contribution < -0.4 is 5.32 Å². The maximum absolute atomic E-state index is 13.0. The lowest BCUT2D eigenvalue weighted by molar-refractivity contribution is 0.102. The summed E-state index contributed by atoms with van der Waals surface area (Å²) in [5.41, 5.74) is 0.312. The van der Waals surface area contributed by atoms with E-state index in [9.17, 15) is 13.6 Å². The van der Waals surface area contributed by atoms with E-state index in [0.717, 1.165) is 12.1 Å². The second kappa shape index (κ2) is 5.67. The quantitative estimate of drug-likeness (QED) is 0.844. The van der Waals surface area contributed by atoms with Crippen LogP contribution >= 0.6 is 27.5 Å². The number of hydrogen-bond acceptors (Lipinski definition) is 1. The van der Waals surface area contributed by atoms with Crippen molar-refractivity contribution in [3.05, 3.63) is 63.1 Å². The number of nitrogens with one attached hydrogen (secondary N) is 1. The van der Waals surface area contributed by atoms with E-state index in [2.05, 4.69) is 21.2 Å². The largest absolute Gasteiger partial charge is 0.321 e. The van der Waals surface area contributed by atoms with Crippen LogP contribution in [-0.2, 0) is 0 Å². The first-order chi connectivity index (χ1) is 8.97. The number of benzene rings is 2. The van der Waals surface area contributed by atoms with Crippen LogP contribution in [0.1, 0.15) is 10.4 Å². The highest BCUT2D eigenvalue weighted by molar-refractivity contribution is 9.10. The zero-order valence-electron chi connectivity index (χ0n) is 9.38. The molecule has 0 fully saturated rings. The van der Waals surface area contributed by atoms with Crippen molar-refractivity contribution in [2.75, 3.05) is 5.32 Å². The van der Waals surface area contributed by atoms with Gasteiger partial charge in [0.2, 0.25) is 0 Å². The fourth-order valence-electron chi connectivity index (χ4n) is 1.48. The average molecular weight is 347 g/mol. The van der Waals surface area contributed by atoms with Gasteiger partial charge in [-0.1, -0.05) is 17.7 Å². The Bertz CT molecular complexity index is 628. The third kappa shape index (κ3) is 3.30. The van der Waals surface area contributed by atoms with E-state index >= 15 is 0 Å². The molecule has 98 valence electrons. The molecule has 0 bridgehead atoms. The van der Waals surface area contributed by atoms with Crippen LogP contribution in [0.4, 0.5) is 14.5 Å². The number of anilines is 1. The van der Waals surface area contributed by atoms with Gasteiger partial charge in [-0.15, -0.1) is 0 Å². The number of hydrogen-bond donors (Lipinski definition) is 1. The summed E-state index contributed by atoms with van der Waals surface area (Å²) in [7, 11) is 0. The summed E-state index contributed by atoms with van der Waals surface area (Å²) in [5, 5.41) is 2.94. The summed E-state index contributed by atoms with van der Waals surface area (Å²) < 4.78 is 26.5. The lowest BCUT2D eigenvalue weighted by atomic mass is 10.2. The third-order valence-corrected chi connectivity index (χ3v) is 3.72. The van der Waals surface area contributed by atoms with Gasteiger partial charge in [-0.05, 0) is 40.2 Å². The highest BCUT2D eigenvalue weighted by Crippen LogP contribution is 2.30. The van der Waals surface area contributed by atoms with Crippen LogP contribution in [0.15, 0.2) is 40.9 Å². The van der Waals surface area contributed by atoms with E-state index in [1.54, 1.807) is 18.2 Å². The Morgan fingerprint density at radius 2 is 1.79 bits per heavy atom. The van der Waals surface area contributed by atoms with Gasteiger partial charge in [0.25, 0.3) is 5.91 Å². The lowest BCUT2D eigenvalue weighted by Gasteiger charge is -2.08. The highest BCUT2D eigenvalue weighted by Gasteiger charge is 2.12. The molecule has 0 aliphatic rings. The van der Waals surface area contributed by atoms with Crippen molar-refractivity contribution in [3.63, 3.8) is 0 Å². The van der Waals surface area contributed by atoms with Crippen molar-refractivity contribution in [2.45, 2.75) is 0 Å². The van der Waals surface area contributed by atoms with E-state index < -0.39 is 17.5 Å². The van der Waals surface area contributed by atoms with Gasteiger partial charge in [0.05, 0.1) is 15.2 Å². The van der Waals surface area contributed by atoms with Gasteiger partial charge in [0, 0.05) is 11.6 Å². The van der Waals surface area contributed by atoms with Gasteiger partial charge in [-0.3, -0.25) is 4.79 Å². The van der Waals surface area contributed by atoms with Gasteiger partial charge >= 0.3 is 0 Å². The van der Waals surface area contributed by atoms with E-state index in [1.807, 2.05) is 0 Å². The first kappa shape index (κ1) is 14.0. The zero-order valence-corrected chi connectivity index (χ0v) is 11.7. The van der Waals surface area contributed by atoms with E-state index in [-0.39, 0.29) is 5.56 Å². The molecule has 2 rings (SSSR count). The van der Waals surface area contributed by atoms with E-state index in [4.69, 9.17) is 11.6 Å². The second-order valence-corrected chi connectivity index (χ2v) is 4.91. The molecule has 0 aliphatic heterocycles. The molecule has 0 unspecified atom stereocenters. The topological polar surface area (TPSA) is 29.1 Å². The molecule has 2 nitrogen and oxygen atoms in total. The minimum absolute atomic E-state index is 0.107. The molecule has 0 spiro atoms. The monoisotopic (exact) mass is 345 g/mol. The summed E-state index contributed by atoms with van der Waals surface area (Å²) in [6, 6.07) is 7.52. The van der Waals surface area contributed by atoms with Crippen molar-refractivity contribution in [3.8, 4) is 0 Å². The summed E-state index contributed by atoms with van der Waals surface area (Å²) in [6.07, 6.45) is 0. The molecule has 1 N–H and O–H groups in total. The van der Waals surface area contributed by atoms with Gasteiger partial charge in [-0.25, -0.2) is 8.78 Å². The van der Waals surface area contributed by atoms with Crippen molar-refractivity contribution < 1.29 is 13.6 Å². The zero-order chi connectivity index (χ0) is 14.0. The fourth-order valence-corrected chi connectivity index (χ4v) is 2.02. The van der Waals surface area contributed by atoms with Gasteiger partial charge in [-0.2, -0.15) is 0 Å². The lowest BCUT2D eigenvalue weighted by Crippen LogP contribution is -2.13. The van der Waals surface area contributed by atoms with Crippen LogP contribution in [0.25, 0.3) is 0 Å². The Balaban J connectivity index is 2.28. The Kier molecular flexibility index (Phi) is 4.17. The van der Waals surface area contributed by atoms with Crippen molar-refractivity contribution in [2.24, 2.45) is 0 Å². The first-order valence-corrected chi connectivity index (χ1v) is 6.36. The van der Waals surface area contributed by atoms with Crippen LogP contribution in [-0.4, -0.2) is 5.91 Å². The van der Waals surface area contributed by atoms with Crippen molar-refractivity contribution >= 4 is 39.1 Å². The molecule has 0 saturated heterocycles. The molecule has 0 aliphatic carbocycles. The van der Waals surface area contributed by atoms with E-state index in [0.29, 0.717) is 21.2 Å². The predicted molar refractivity (Wildman–Crippen MR) is 73.5 cm³/mol. The molecule has 0 aromatic heterocycles. The Morgan fingerprint density at radius 3 is 2.42 bits per heavy atom. The molecule has 2 aromatic carbocycles. The van der Waals surface area contributed by atoms with Gasteiger partial charge in [0.1, 0.15) is 11.6 Å². The summed E-state index contributed by atoms with van der Waals surface area (Å²) in [5.74, 6) is -2.24. The van der Waals surface area contributed by atoms with Gasteiger partial charge < -0.3 is 5.32 Å².